The first-order valence-corrected chi connectivity index (χ1v) is 9.05. The Labute approximate surface area is 131 Å². The van der Waals surface area contributed by atoms with Gasteiger partial charge in [0.1, 0.15) is 0 Å². The van der Waals surface area contributed by atoms with E-state index < -0.39 is 12.5 Å². The first-order chi connectivity index (χ1) is 10.3. The summed E-state index contributed by atoms with van der Waals surface area (Å²) < 4.78 is 16.1. The zero-order valence-corrected chi connectivity index (χ0v) is 14.0. The summed E-state index contributed by atoms with van der Waals surface area (Å²) in [5.74, 6) is 0. The van der Waals surface area contributed by atoms with Gasteiger partial charge in [0.2, 0.25) is 0 Å². The molecular weight excluding hydrogens is 307 g/mol. The molecule has 0 radical (unpaired) electrons. The van der Waals surface area contributed by atoms with E-state index >= 15 is 0 Å². The van der Waals surface area contributed by atoms with Crippen LogP contribution >= 0.6 is 7.60 Å². The van der Waals surface area contributed by atoms with Crippen LogP contribution in [0.3, 0.4) is 0 Å². The van der Waals surface area contributed by atoms with Crippen LogP contribution in [0.1, 0.15) is 39.5 Å². The van der Waals surface area contributed by atoms with Gasteiger partial charge in [-0.15, -0.1) is 0 Å². The minimum atomic E-state index is -3.24. The molecule has 7 nitrogen and oxygen atoms in total. The van der Waals surface area contributed by atoms with Gasteiger partial charge in [0.05, 0.1) is 11.5 Å². The summed E-state index contributed by atoms with van der Waals surface area (Å²) in [6.07, 6.45) is 3.85. The third-order valence-electron chi connectivity index (χ3n) is 2.67. The van der Waals surface area contributed by atoms with Gasteiger partial charge in [0.15, 0.2) is 0 Å². The molecule has 0 aliphatic rings. The Hall–Kier alpha value is -1.43. The second kappa shape index (κ2) is 11.2. The molecule has 0 bridgehead atoms. The van der Waals surface area contributed by atoms with Crippen molar-refractivity contribution in [3.05, 3.63) is 34.4 Å². The summed E-state index contributed by atoms with van der Waals surface area (Å²) in [4.78, 5) is 18.8. The SMILES string of the molecule is CCCCOP(=O)(O)CCCC.Nc1cccc([N+](=O)[O-])c1. The molecule has 0 aromatic heterocycles. The molecule has 1 aromatic rings. The molecule has 0 saturated carbocycles. The number of nitrogens with zero attached hydrogens (tertiary/aromatic N) is 1. The maximum atomic E-state index is 11.2. The molecule has 0 heterocycles. The van der Waals surface area contributed by atoms with Gasteiger partial charge >= 0.3 is 7.60 Å². The lowest BCUT2D eigenvalue weighted by Gasteiger charge is -2.10. The summed E-state index contributed by atoms with van der Waals surface area (Å²) >= 11 is 0. The number of nitro benzene ring substituents is 1. The van der Waals surface area contributed by atoms with Gasteiger partial charge < -0.3 is 15.2 Å². The summed E-state index contributed by atoms with van der Waals surface area (Å²) in [6.45, 7) is 4.43. The van der Waals surface area contributed by atoms with Crippen LogP contribution in [0.25, 0.3) is 0 Å². The van der Waals surface area contributed by atoms with Crippen molar-refractivity contribution in [1.82, 2.24) is 0 Å². The monoisotopic (exact) mass is 332 g/mol. The Balaban J connectivity index is 0.000000406. The number of nitrogens with two attached hydrogens (primary N) is 1. The van der Waals surface area contributed by atoms with Crippen molar-refractivity contribution in [2.24, 2.45) is 0 Å². The lowest BCUT2D eigenvalue weighted by Crippen LogP contribution is -1.96. The fraction of sp³-hybridized carbons (Fsp3) is 0.571. The Kier molecular flexibility index (Phi) is 10.5. The zero-order valence-electron chi connectivity index (χ0n) is 13.1. The lowest BCUT2D eigenvalue weighted by atomic mass is 10.3. The molecule has 0 amide bonds. The van der Waals surface area contributed by atoms with Crippen LogP contribution in [-0.4, -0.2) is 22.6 Å². The summed E-state index contributed by atoms with van der Waals surface area (Å²) in [5, 5.41) is 10.1. The minimum absolute atomic E-state index is 0.0278. The van der Waals surface area contributed by atoms with Crippen molar-refractivity contribution < 1.29 is 18.9 Å². The predicted octanol–water partition coefficient (Wildman–Crippen LogP) is 3.97. The van der Waals surface area contributed by atoms with E-state index in [0.717, 1.165) is 25.7 Å². The molecule has 0 aliphatic heterocycles. The highest BCUT2D eigenvalue weighted by Gasteiger charge is 2.17. The van der Waals surface area contributed by atoms with Crippen molar-refractivity contribution in [2.75, 3.05) is 18.5 Å². The van der Waals surface area contributed by atoms with Crippen molar-refractivity contribution in [3.8, 4) is 0 Å². The van der Waals surface area contributed by atoms with Crippen molar-refractivity contribution in [1.29, 1.82) is 0 Å². The first-order valence-electron chi connectivity index (χ1n) is 7.28. The smallest absolute Gasteiger partial charge is 0.328 e. The van der Waals surface area contributed by atoms with Crippen molar-refractivity contribution >= 4 is 19.0 Å². The molecule has 0 saturated heterocycles. The van der Waals surface area contributed by atoms with Crippen molar-refractivity contribution in [3.63, 3.8) is 0 Å². The standard InChI is InChI=1S/C8H19O3P.C6H6N2O2/c1-3-5-7-11-12(9,10)8-6-4-2;7-5-2-1-3-6(4-5)8(9)10/h3-8H2,1-2H3,(H,9,10);1-4H,7H2. The maximum Gasteiger partial charge on any atom is 0.328 e. The van der Waals surface area contributed by atoms with E-state index in [1.807, 2.05) is 13.8 Å². The number of non-ortho nitro benzene ring substituents is 1. The number of unbranched alkanes of at least 4 members (excludes halogenated alkanes) is 2. The molecule has 1 aromatic carbocycles. The molecular formula is C14H25N2O5P. The largest absolute Gasteiger partial charge is 0.399 e. The number of hydrogen-bond donors (Lipinski definition) is 2. The van der Waals surface area contributed by atoms with Gasteiger partial charge in [-0.2, -0.15) is 0 Å². The molecule has 0 spiro atoms. The fourth-order valence-corrected chi connectivity index (χ4v) is 2.67. The van der Waals surface area contributed by atoms with E-state index in [1.165, 1.54) is 12.1 Å². The number of anilines is 1. The zero-order chi connectivity index (χ0) is 17.0. The van der Waals surface area contributed by atoms with Crippen molar-refractivity contribution in [2.45, 2.75) is 39.5 Å². The topological polar surface area (TPSA) is 116 Å². The number of nitrogen functional groups attached to an aromatic ring is 1. The summed E-state index contributed by atoms with van der Waals surface area (Å²) in [7, 11) is -3.24. The maximum absolute atomic E-state index is 11.2. The van der Waals surface area contributed by atoms with E-state index in [1.54, 1.807) is 12.1 Å². The van der Waals surface area contributed by atoms with Gasteiger partial charge in [-0.3, -0.25) is 14.7 Å². The molecule has 8 heteroatoms. The second-order valence-electron chi connectivity index (χ2n) is 4.75. The number of nitro groups is 1. The van der Waals surface area contributed by atoms with E-state index in [-0.39, 0.29) is 5.69 Å². The number of hydrogen-bond acceptors (Lipinski definition) is 5. The van der Waals surface area contributed by atoms with Crippen LogP contribution in [-0.2, 0) is 9.09 Å². The Morgan fingerprint density at radius 1 is 1.32 bits per heavy atom. The average molecular weight is 332 g/mol. The summed E-state index contributed by atoms with van der Waals surface area (Å²) in [5.41, 5.74) is 5.73. The third-order valence-corrected chi connectivity index (χ3v) is 4.13. The molecule has 126 valence electrons. The van der Waals surface area contributed by atoms with Gasteiger partial charge in [0.25, 0.3) is 5.69 Å². The molecule has 22 heavy (non-hydrogen) atoms. The molecule has 0 fully saturated rings. The highest BCUT2D eigenvalue weighted by Crippen LogP contribution is 2.42. The van der Waals surface area contributed by atoms with Crippen LogP contribution in [0.15, 0.2) is 24.3 Å². The quantitative estimate of drug-likeness (QED) is 0.245. The number of benzene rings is 1. The highest BCUT2D eigenvalue weighted by molar-refractivity contribution is 7.52. The Morgan fingerprint density at radius 3 is 2.41 bits per heavy atom. The predicted molar refractivity (Wildman–Crippen MR) is 88.0 cm³/mol. The van der Waals surface area contributed by atoms with E-state index in [2.05, 4.69) is 0 Å². The Morgan fingerprint density at radius 2 is 1.95 bits per heavy atom. The van der Waals surface area contributed by atoms with E-state index in [4.69, 9.17) is 10.3 Å². The minimum Gasteiger partial charge on any atom is -0.399 e. The van der Waals surface area contributed by atoms with Crippen LogP contribution in [0.5, 0.6) is 0 Å². The summed E-state index contributed by atoms with van der Waals surface area (Å²) in [6, 6.07) is 5.87. The normalized spacial score (nSPS) is 12.9. The lowest BCUT2D eigenvalue weighted by molar-refractivity contribution is -0.384. The molecule has 0 aliphatic carbocycles. The van der Waals surface area contributed by atoms with Gasteiger partial charge in [-0.1, -0.05) is 32.8 Å². The van der Waals surface area contributed by atoms with Gasteiger partial charge in [0, 0.05) is 24.0 Å². The fourth-order valence-electron chi connectivity index (χ4n) is 1.41. The van der Waals surface area contributed by atoms with E-state index in [9.17, 15) is 19.6 Å². The first kappa shape index (κ1) is 20.6. The van der Waals surface area contributed by atoms with Gasteiger partial charge in [-0.25, -0.2) is 0 Å². The molecule has 3 N–H and O–H groups in total. The van der Waals surface area contributed by atoms with Gasteiger partial charge in [-0.05, 0) is 18.9 Å². The highest BCUT2D eigenvalue weighted by atomic mass is 31.2. The van der Waals surface area contributed by atoms with Crippen LogP contribution in [0, 0.1) is 10.1 Å². The Bertz CT molecular complexity index is 496. The van der Waals surface area contributed by atoms with Crippen LogP contribution < -0.4 is 5.73 Å². The van der Waals surface area contributed by atoms with Crippen LogP contribution in [0.4, 0.5) is 11.4 Å². The number of rotatable bonds is 8. The molecule has 1 atom stereocenters. The molecule has 1 unspecified atom stereocenters. The second-order valence-corrected chi connectivity index (χ2v) is 6.73. The third kappa shape index (κ3) is 10.3. The average Bonchev–Trinajstić information content (AvgIpc) is 2.46. The van der Waals surface area contributed by atoms with E-state index in [0.29, 0.717) is 18.5 Å². The van der Waals surface area contributed by atoms with Crippen LogP contribution in [0.2, 0.25) is 0 Å². The molecule has 1 rings (SSSR count).